The Kier molecular flexibility index (Phi) is 33.4. The molecule has 0 saturated carbocycles. The summed E-state index contributed by atoms with van der Waals surface area (Å²) in [7, 11) is -4.73. The van der Waals surface area contributed by atoms with Crippen LogP contribution in [0.3, 0.4) is 0 Å². The van der Waals surface area contributed by atoms with Gasteiger partial charge in [0.05, 0.1) is 13.2 Å². The van der Waals surface area contributed by atoms with Crippen LogP contribution in [0, 0.1) is 0 Å². The van der Waals surface area contributed by atoms with Gasteiger partial charge in [0.25, 0.3) is 0 Å². The van der Waals surface area contributed by atoms with E-state index in [1.54, 1.807) is 12.2 Å². The van der Waals surface area contributed by atoms with Crippen LogP contribution in [0.5, 0.6) is 0 Å². The summed E-state index contributed by atoms with van der Waals surface area (Å²) in [5.74, 6) is -2.31. The zero-order valence-corrected chi connectivity index (χ0v) is 33.5. The Morgan fingerprint density at radius 2 is 1.11 bits per heavy atom. The Morgan fingerprint density at radius 1 is 0.623 bits per heavy atom. The molecule has 0 aliphatic rings. The average molecular weight is 772 g/mol. The van der Waals surface area contributed by atoms with Gasteiger partial charge in [-0.2, -0.15) is 0 Å². The predicted octanol–water partition coefficient (Wildman–Crippen LogP) is 9.24. The summed E-state index contributed by atoms with van der Waals surface area (Å²) < 4.78 is 32.5. The van der Waals surface area contributed by atoms with Crippen LogP contribution in [0.4, 0.5) is 0 Å². The molecule has 3 atom stereocenters. The van der Waals surface area contributed by atoms with Crippen LogP contribution < -0.4 is 5.73 Å². The summed E-state index contributed by atoms with van der Waals surface area (Å²) >= 11 is 0. The molecule has 0 spiro atoms. The number of ether oxygens (including phenoxy) is 2. The van der Waals surface area contributed by atoms with Gasteiger partial charge in [-0.25, -0.2) is 4.57 Å². The summed E-state index contributed by atoms with van der Waals surface area (Å²) in [5, 5.41) is 8.86. The van der Waals surface area contributed by atoms with E-state index >= 15 is 0 Å². The van der Waals surface area contributed by atoms with Gasteiger partial charge in [0.2, 0.25) is 0 Å². The first-order valence-electron chi connectivity index (χ1n) is 20.0. The van der Waals surface area contributed by atoms with Crippen molar-refractivity contribution in [3.8, 4) is 0 Å². The van der Waals surface area contributed by atoms with E-state index in [0.717, 1.165) is 89.9 Å². The molecule has 4 N–H and O–H groups in total. The molecule has 0 aliphatic heterocycles. The molecule has 0 radical (unpaired) electrons. The lowest BCUT2D eigenvalue weighted by molar-refractivity contribution is -0.161. The van der Waals surface area contributed by atoms with Crippen LogP contribution in [0.2, 0.25) is 0 Å². The Bertz CT molecular complexity index is 1110. The van der Waals surface area contributed by atoms with Gasteiger partial charge in [-0.05, 0) is 63.9 Å². The number of unbranched alkanes of at least 4 members (excludes halogenated alkanes) is 16. The van der Waals surface area contributed by atoms with Gasteiger partial charge >= 0.3 is 25.7 Å². The highest BCUT2D eigenvalue weighted by Crippen LogP contribution is 2.43. The van der Waals surface area contributed by atoms with Gasteiger partial charge in [0.15, 0.2) is 11.9 Å². The molecule has 12 nitrogen and oxygen atoms in total. The molecule has 0 heterocycles. The molecule has 53 heavy (non-hydrogen) atoms. The van der Waals surface area contributed by atoms with Crippen molar-refractivity contribution in [3.63, 3.8) is 0 Å². The average Bonchev–Trinajstić information content (AvgIpc) is 3.12. The number of esters is 2. The van der Waals surface area contributed by atoms with Crippen LogP contribution >= 0.6 is 7.82 Å². The van der Waals surface area contributed by atoms with Crippen molar-refractivity contribution < 1.29 is 52.3 Å². The van der Waals surface area contributed by atoms with Gasteiger partial charge in [-0.3, -0.25) is 28.2 Å². The number of ketones is 1. The molecule has 1 unspecified atom stereocenters. The number of hydrogen-bond acceptors (Lipinski definition) is 10. The second-order valence-electron chi connectivity index (χ2n) is 13.4. The molecular weight excluding hydrogens is 701 g/mol. The summed E-state index contributed by atoms with van der Waals surface area (Å²) in [6.07, 6.45) is 31.9. The molecule has 13 heteroatoms. The molecule has 0 saturated heterocycles. The first-order chi connectivity index (χ1) is 25.5. The molecule has 0 amide bonds. The maximum absolute atomic E-state index is 12.6. The summed E-state index contributed by atoms with van der Waals surface area (Å²) in [6, 6.07) is -1.53. The van der Waals surface area contributed by atoms with Crippen molar-refractivity contribution in [2.45, 2.75) is 174 Å². The van der Waals surface area contributed by atoms with Crippen molar-refractivity contribution in [3.05, 3.63) is 36.5 Å². The van der Waals surface area contributed by atoms with Gasteiger partial charge < -0.3 is 25.2 Å². The number of carbonyl (C=O) groups is 4. The number of carboxylic acid groups (broad SMARTS) is 1. The lowest BCUT2D eigenvalue weighted by Crippen LogP contribution is -2.34. The van der Waals surface area contributed by atoms with E-state index in [-0.39, 0.29) is 25.2 Å². The minimum atomic E-state index is -4.73. The van der Waals surface area contributed by atoms with Gasteiger partial charge in [-0.15, -0.1) is 0 Å². The number of rotatable bonds is 37. The third-order valence-corrected chi connectivity index (χ3v) is 9.29. The highest BCUT2D eigenvalue weighted by molar-refractivity contribution is 7.47. The van der Waals surface area contributed by atoms with E-state index in [2.05, 4.69) is 30.5 Å². The van der Waals surface area contributed by atoms with Crippen LogP contribution in [-0.2, 0) is 42.3 Å². The SMILES string of the molecule is CCCCCC/C=C\CCCCCCCC(=O)O[C@H](COC(=O)CCCCCCC/C=C\C=C\C(=O)CCCCC)COP(=O)(O)OC[C@H](N)C(=O)O. The first-order valence-corrected chi connectivity index (χ1v) is 21.5. The minimum absolute atomic E-state index is 0.133. The lowest BCUT2D eigenvalue weighted by Gasteiger charge is -2.20. The van der Waals surface area contributed by atoms with E-state index in [9.17, 15) is 28.6 Å². The molecule has 0 aromatic carbocycles. The predicted molar refractivity (Wildman–Crippen MR) is 208 cm³/mol. The number of nitrogens with two attached hydrogens (primary N) is 1. The van der Waals surface area contributed by atoms with E-state index in [1.165, 1.54) is 25.7 Å². The Balaban J connectivity index is 4.49. The topological polar surface area (TPSA) is 189 Å². The molecular formula is C40H70NO11P. The van der Waals surface area contributed by atoms with Crippen LogP contribution in [0.1, 0.15) is 162 Å². The third-order valence-electron chi connectivity index (χ3n) is 8.34. The van der Waals surface area contributed by atoms with Gasteiger partial charge in [0, 0.05) is 19.3 Å². The summed E-state index contributed by atoms with van der Waals surface area (Å²) in [6.45, 7) is 2.56. The number of allylic oxidation sites excluding steroid dienone is 6. The molecule has 306 valence electrons. The molecule has 0 rings (SSSR count). The van der Waals surface area contributed by atoms with Gasteiger partial charge in [-0.1, -0.05) is 115 Å². The number of hydrogen-bond donors (Lipinski definition) is 3. The zero-order valence-electron chi connectivity index (χ0n) is 32.6. The first kappa shape index (κ1) is 50.4. The second kappa shape index (κ2) is 35.1. The quantitative estimate of drug-likeness (QED) is 0.0136. The standard InChI is InChI=1S/C40H70NO11P/c1-3-5-7-8-9-10-11-12-13-16-20-23-27-31-39(44)52-36(33-50-53(47,48)51-34-37(41)40(45)46)32-49-38(43)30-26-22-19-17-14-15-18-21-25-29-35(42)28-24-6-4-2/h10-11,18,21,25,29,36-37H,3-9,12-17,19-20,22-24,26-28,30-34,41H2,1-2H3,(H,45,46)(H,47,48)/b11-10-,21-18-,29-25+/t36-,37+/m1/s1. The van der Waals surface area contributed by atoms with Crippen molar-refractivity contribution in [2.75, 3.05) is 19.8 Å². The third kappa shape index (κ3) is 34.9. The number of phosphoric acid groups is 1. The maximum Gasteiger partial charge on any atom is 0.472 e. The van der Waals surface area contributed by atoms with Crippen molar-refractivity contribution >= 4 is 31.5 Å². The van der Waals surface area contributed by atoms with Crippen LogP contribution in [-0.4, -0.2) is 65.7 Å². The Morgan fingerprint density at radius 3 is 1.72 bits per heavy atom. The second-order valence-corrected chi connectivity index (χ2v) is 14.9. The number of carbonyl (C=O) groups excluding carboxylic acids is 3. The fourth-order valence-electron chi connectivity index (χ4n) is 5.10. The smallest absolute Gasteiger partial charge is 0.472 e. The fraction of sp³-hybridized carbons (Fsp3) is 0.750. The normalized spacial score (nSPS) is 14.1. The Hall–Kier alpha value is -2.63. The van der Waals surface area contributed by atoms with Crippen molar-refractivity contribution in [2.24, 2.45) is 5.73 Å². The largest absolute Gasteiger partial charge is 0.480 e. The number of carboxylic acids is 1. The molecule has 0 aromatic heterocycles. The molecule has 0 bridgehead atoms. The van der Waals surface area contributed by atoms with Crippen LogP contribution in [0.15, 0.2) is 36.5 Å². The number of phosphoric ester groups is 1. The summed E-state index contributed by atoms with van der Waals surface area (Å²) in [4.78, 5) is 57.5. The van der Waals surface area contributed by atoms with Gasteiger partial charge in [0.1, 0.15) is 12.6 Å². The summed E-state index contributed by atoms with van der Waals surface area (Å²) in [5.41, 5.74) is 5.31. The molecule has 0 aliphatic carbocycles. The zero-order chi connectivity index (χ0) is 39.4. The van der Waals surface area contributed by atoms with Crippen molar-refractivity contribution in [1.29, 1.82) is 0 Å². The van der Waals surface area contributed by atoms with Crippen molar-refractivity contribution in [1.82, 2.24) is 0 Å². The van der Waals surface area contributed by atoms with E-state index in [1.807, 2.05) is 12.2 Å². The number of aliphatic carboxylic acids is 1. The van der Waals surface area contributed by atoms with E-state index in [0.29, 0.717) is 19.3 Å². The highest BCUT2D eigenvalue weighted by Gasteiger charge is 2.28. The lowest BCUT2D eigenvalue weighted by atomic mass is 10.1. The fourth-order valence-corrected chi connectivity index (χ4v) is 5.88. The van der Waals surface area contributed by atoms with E-state index in [4.69, 9.17) is 24.8 Å². The monoisotopic (exact) mass is 771 g/mol. The molecule has 0 aromatic rings. The van der Waals surface area contributed by atoms with Crippen LogP contribution in [0.25, 0.3) is 0 Å². The minimum Gasteiger partial charge on any atom is -0.480 e. The highest BCUT2D eigenvalue weighted by atomic mass is 31.2. The Labute approximate surface area is 318 Å². The van der Waals surface area contributed by atoms with E-state index < -0.39 is 51.1 Å². The molecule has 0 fully saturated rings. The maximum atomic E-state index is 12.6.